The number of nitrogens with one attached hydrogen (secondary N) is 1. The molecule has 3 heterocycles. The Kier molecular flexibility index (Phi) is 4.43. The van der Waals surface area contributed by atoms with Gasteiger partial charge in [0.1, 0.15) is 9.83 Å². The van der Waals surface area contributed by atoms with Gasteiger partial charge < -0.3 is 10.2 Å². The summed E-state index contributed by atoms with van der Waals surface area (Å²) in [5.74, 6) is -0.579. The minimum absolute atomic E-state index is 0.219. The first-order chi connectivity index (χ1) is 12.1. The van der Waals surface area contributed by atoms with Crippen molar-refractivity contribution in [2.24, 2.45) is 0 Å². The van der Waals surface area contributed by atoms with Crippen molar-refractivity contribution in [3.8, 4) is 0 Å². The van der Waals surface area contributed by atoms with Crippen LogP contribution in [0.3, 0.4) is 0 Å². The minimum Gasteiger partial charge on any atom is -0.348 e. The largest absolute Gasteiger partial charge is 0.348 e. The molecule has 0 radical (unpaired) electrons. The molecule has 0 spiro atoms. The first kappa shape index (κ1) is 16.5. The number of benzene rings is 1. The molecule has 4 nitrogen and oxygen atoms in total. The summed E-state index contributed by atoms with van der Waals surface area (Å²) >= 11 is 3.09. The molecule has 0 bridgehead atoms. The first-order valence-electron chi connectivity index (χ1n) is 8.33. The molecule has 1 aromatic carbocycles. The number of carbonyl (C=O) groups excluding carboxylic acids is 1. The lowest BCUT2D eigenvalue weighted by atomic mass is 10.1. The number of fused-ring (bicyclic) bond motifs is 1. The molecule has 1 amide bonds. The summed E-state index contributed by atoms with van der Waals surface area (Å²) in [4.78, 5) is 20.1. The Bertz CT molecular complexity index is 896. The Morgan fingerprint density at radius 2 is 2.00 bits per heavy atom. The Morgan fingerprint density at radius 3 is 2.76 bits per heavy atom. The van der Waals surface area contributed by atoms with Gasteiger partial charge >= 0.3 is 0 Å². The second-order valence-electron chi connectivity index (χ2n) is 6.24. The molecular weight excluding hydrogens is 357 g/mol. The number of hydrogen-bond acceptors (Lipinski definition) is 5. The Labute approximate surface area is 153 Å². The maximum absolute atomic E-state index is 13.4. The van der Waals surface area contributed by atoms with E-state index in [0.29, 0.717) is 10.6 Å². The van der Waals surface area contributed by atoms with Gasteiger partial charge in [0.2, 0.25) is 0 Å². The van der Waals surface area contributed by atoms with E-state index in [-0.39, 0.29) is 11.7 Å². The summed E-state index contributed by atoms with van der Waals surface area (Å²) in [5.41, 5.74) is 2.21. The van der Waals surface area contributed by atoms with Gasteiger partial charge in [-0.1, -0.05) is 17.4 Å². The number of hydrogen-bond donors (Lipinski definition) is 1. The SMILES string of the molecule is Cc1ccc(F)cc1NC(=O)c1cc2nc(N3CCCCC3)sc2s1. The molecule has 1 N–H and O–H groups in total. The number of aromatic nitrogens is 1. The first-order valence-corrected chi connectivity index (χ1v) is 9.96. The molecular formula is C18H18FN3OS2. The predicted octanol–water partition coefficient (Wildman–Crippen LogP) is 5.05. The van der Waals surface area contributed by atoms with Crippen LogP contribution in [0.15, 0.2) is 24.3 Å². The average Bonchev–Trinajstić information content (AvgIpc) is 3.18. The van der Waals surface area contributed by atoms with Crippen LogP contribution in [0.2, 0.25) is 0 Å². The van der Waals surface area contributed by atoms with Crippen LogP contribution in [-0.2, 0) is 0 Å². The highest BCUT2D eigenvalue weighted by Gasteiger charge is 2.19. The van der Waals surface area contributed by atoms with E-state index < -0.39 is 0 Å². The average molecular weight is 375 g/mol. The molecule has 1 aliphatic heterocycles. The van der Waals surface area contributed by atoms with Crippen molar-refractivity contribution in [1.29, 1.82) is 0 Å². The van der Waals surface area contributed by atoms with Gasteiger partial charge in [0.05, 0.1) is 10.4 Å². The molecule has 130 valence electrons. The Morgan fingerprint density at radius 1 is 1.20 bits per heavy atom. The van der Waals surface area contributed by atoms with Crippen molar-refractivity contribution < 1.29 is 9.18 Å². The zero-order valence-corrected chi connectivity index (χ0v) is 15.5. The fraction of sp³-hybridized carbons (Fsp3) is 0.333. The maximum atomic E-state index is 13.4. The summed E-state index contributed by atoms with van der Waals surface area (Å²) in [6, 6.07) is 6.21. The standard InChI is InChI=1S/C18H18FN3OS2/c1-11-5-6-12(19)9-13(11)20-16(23)15-10-14-17(24-15)25-18(21-14)22-7-3-2-4-8-22/h5-6,9-10H,2-4,7-8H2,1H3,(H,20,23). The van der Waals surface area contributed by atoms with E-state index in [1.807, 2.05) is 13.0 Å². The number of nitrogens with zero attached hydrogens (tertiary/aromatic N) is 2. The van der Waals surface area contributed by atoms with Gasteiger partial charge in [0.15, 0.2) is 5.13 Å². The van der Waals surface area contributed by atoms with Gasteiger partial charge in [-0.15, -0.1) is 11.3 Å². The molecule has 1 saturated heterocycles. The van der Waals surface area contributed by atoms with Gasteiger partial charge in [-0.3, -0.25) is 4.79 Å². The van der Waals surface area contributed by atoms with Gasteiger partial charge in [0, 0.05) is 18.8 Å². The molecule has 7 heteroatoms. The summed E-state index contributed by atoms with van der Waals surface area (Å²) in [6.07, 6.45) is 3.72. The molecule has 4 rings (SSSR count). The molecule has 0 aliphatic carbocycles. The number of thiophene rings is 1. The van der Waals surface area contributed by atoms with Crippen molar-refractivity contribution in [2.75, 3.05) is 23.3 Å². The zero-order chi connectivity index (χ0) is 17.4. The van der Waals surface area contributed by atoms with Crippen molar-refractivity contribution in [2.45, 2.75) is 26.2 Å². The van der Waals surface area contributed by atoms with E-state index >= 15 is 0 Å². The lowest BCUT2D eigenvalue weighted by Crippen LogP contribution is -2.29. The van der Waals surface area contributed by atoms with Crippen LogP contribution < -0.4 is 10.2 Å². The molecule has 0 unspecified atom stereocenters. The Hall–Kier alpha value is -1.99. The molecule has 1 fully saturated rings. The third kappa shape index (κ3) is 3.39. The monoisotopic (exact) mass is 375 g/mol. The zero-order valence-electron chi connectivity index (χ0n) is 13.8. The van der Waals surface area contributed by atoms with Crippen molar-refractivity contribution in [3.05, 3.63) is 40.5 Å². The van der Waals surface area contributed by atoms with E-state index in [0.717, 1.165) is 33.3 Å². The van der Waals surface area contributed by atoms with Crippen LogP contribution >= 0.6 is 22.7 Å². The number of rotatable bonds is 3. The number of piperidine rings is 1. The third-order valence-corrected chi connectivity index (χ3v) is 6.72. The number of aryl methyl sites for hydroxylation is 1. The maximum Gasteiger partial charge on any atom is 0.265 e. The van der Waals surface area contributed by atoms with Crippen LogP contribution in [0.4, 0.5) is 15.2 Å². The number of thiazole rings is 1. The summed E-state index contributed by atoms with van der Waals surface area (Å²) in [6.45, 7) is 3.97. The highest BCUT2D eigenvalue weighted by Crippen LogP contribution is 2.36. The quantitative estimate of drug-likeness (QED) is 0.697. The van der Waals surface area contributed by atoms with Gasteiger partial charge in [-0.2, -0.15) is 0 Å². The number of halogens is 1. The molecule has 25 heavy (non-hydrogen) atoms. The molecule has 0 saturated carbocycles. The van der Waals surface area contributed by atoms with Gasteiger partial charge in [0.25, 0.3) is 5.91 Å². The van der Waals surface area contributed by atoms with Gasteiger partial charge in [-0.05, 0) is 49.9 Å². The summed E-state index contributed by atoms with van der Waals surface area (Å²) in [7, 11) is 0. The van der Waals surface area contributed by atoms with Crippen molar-refractivity contribution >= 4 is 48.9 Å². The fourth-order valence-corrected chi connectivity index (χ4v) is 5.18. The molecule has 3 aromatic rings. The molecule has 1 aliphatic rings. The van der Waals surface area contributed by atoms with E-state index in [1.165, 1.54) is 42.7 Å². The predicted molar refractivity (Wildman–Crippen MR) is 103 cm³/mol. The van der Waals surface area contributed by atoms with E-state index in [9.17, 15) is 9.18 Å². The number of amides is 1. The van der Waals surface area contributed by atoms with Crippen molar-refractivity contribution in [1.82, 2.24) is 4.98 Å². The fourth-order valence-electron chi connectivity index (χ4n) is 2.97. The normalized spacial score (nSPS) is 14.9. The van der Waals surface area contributed by atoms with E-state index in [1.54, 1.807) is 17.4 Å². The highest BCUT2D eigenvalue weighted by atomic mass is 32.2. The van der Waals surface area contributed by atoms with E-state index in [2.05, 4.69) is 10.2 Å². The van der Waals surface area contributed by atoms with Gasteiger partial charge in [-0.25, -0.2) is 9.37 Å². The van der Waals surface area contributed by atoms with E-state index in [4.69, 9.17) is 4.98 Å². The van der Waals surface area contributed by atoms with Crippen molar-refractivity contribution in [3.63, 3.8) is 0 Å². The third-order valence-electron chi connectivity index (χ3n) is 4.38. The smallest absolute Gasteiger partial charge is 0.265 e. The second kappa shape index (κ2) is 6.72. The lowest BCUT2D eigenvalue weighted by molar-refractivity contribution is 0.103. The summed E-state index contributed by atoms with van der Waals surface area (Å²) in [5, 5.41) is 3.84. The van der Waals surface area contributed by atoms with Crippen LogP contribution in [0, 0.1) is 12.7 Å². The topological polar surface area (TPSA) is 45.2 Å². The molecule has 0 atom stereocenters. The highest BCUT2D eigenvalue weighted by molar-refractivity contribution is 7.40. The summed E-state index contributed by atoms with van der Waals surface area (Å²) < 4.78 is 14.4. The number of anilines is 2. The minimum atomic E-state index is -0.360. The van der Waals surface area contributed by atoms with Crippen LogP contribution in [0.25, 0.3) is 9.53 Å². The lowest BCUT2D eigenvalue weighted by Gasteiger charge is -2.25. The molecule has 2 aromatic heterocycles. The van der Waals surface area contributed by atoms with Crippen LogP contribution in [-0.4, -0.2) is 24.0 Å². The second-order valence-corrected chi connectivity index (χ2v) is 8.53. The van der Waals surface area contributed by atoms with Crippen LogP contribution in [0.1, 0.15) is 34.5 Å². The Balaban J connectivity index is 1.54. The van der Waals surface area contributed by atoms with Crippen LogP contribution in [0.5, 0.6) is 0 Å². The number of carbonyl (C=O) groups is 1.